The van der Waals surface area contributed by atoms with Gasteiger partial charge in [0.15, 0.2) is 0 Å². The second-order valence-electron chi connectivity index (χ2n) is 7.63. The van der Waals surface area contributed by atoms with Crippen molar-refractivity contribution in [2.24, 2.45) is 0 Å². The molecule has 5 nitrogen and oxygen atoms in total. The zero-order valence-corrected chi connectivity index (χ0v) is 18.8. The van der Waals surface area contributed by atoms with Crippen molar-refractivity contribution in [1.82, 2.24) is 14.8 Å². The monoisotopic (exact) mass is 508 g/mol. The van der Waals surface area contributed by atoms with Gasteiger partial charge in [-0.1, -0.05) is 51.8 Å². The summed E-state index contributed by atoms with van der Waals surface area (Å²) in [6.07, 6.45) is 1.11. The number of fused-ring (bicyclic) bond motifs is 3. The molecule has 2 atom stereocenters. The SMILES string of the molecule is Fc1ccc(C2C3=C(Nc4ncnn42)c2cc(Cl)ccc2OC3c2ccc(Br)cc2)cc1. The average molecular weight is 510 g/mol. The maximum absolute atomic E-state index is 13.7. The quantitative estimate of drug-likeness (QED) is 0.340. The van der Waals surface area contributed by atoms with Gasteiger partial charge in [-0.05, 0) is 53.6 Å². The number of halogens is 3. The summed E-state index contributed by atoms with van der Waals surface area (Å²) < 4.78 is 23.1. The molecule has 0 bridgehead atoms. The minimum atomic E-state index is -0.397. The molecule has 1 N–H and O–H groups in total. The summed E-state index contributed by atoms with van der Waals surface area (Å²) in [5, 5.41) is 8.51. The Morgan fingerprint density at radius 1 is 1.00 bits per heavy atom. The van der Waals surface area contributed by atoms with Crippen LogP contribution in [-0.2, 0) is 0 Å². The van der Waals surface area contributed by atoms with Gasteiger partial charge >= 0.3 is 0 Å². The van der Waals surface area contributed by atoms with E-state index in [9.17, 15) is 4.39 Å². The molecule has 0 saturated heterocycles. The Labute approximate surface area is 196 Å². The van der Waals surface area contributed by atoms with Gasteiger partial charge in [0.05, 0.1) is 5.70 Å². The maximum atomic E-state index is 13.7. The van der Waals surface area contributed by atoms with Gasteiger partial charge in [0.2, 0.25) is 5.95 Å². The molecule has 0 radical (unpaired) electrons. The Kier molecular flexibility index (Phi) is 4.55. The molecule has 3 heterocycles. The molecule has 4 aromatic rings. The first kappa shape index (κ1) is 19.5. The molecule has 0 aliphatic carbocycles. The summed E-state index contributed by atoms with van der Waals surface area (Å²) in [7, 11) is 0. The lowest BCUT2D eigenvalue weighted by Gasteiger charge is -2.39. The van der Waals surface area contributed by atoms with Crippen LogP contribution in [0.25, 0.3) is 5.70 Å². The van der Waals surface area contributed by atoms with E-state index >= 15 is 0 Å². The molecule has 3 aromatic carbocycles. The predicted molar refractivity (Wildman–Crippen MR) is 124 cm³/mol. The van der Waals surface area contributed by atoms with Gasteiger partial charge in [-0.25, -0.2) is 9.07 Å². The number of nitrogens with one attached hydrogen (secondary N) is 1. The fourth-order valence-electron chi connectivity index (χ4n) is 4.32. The molecule has 0 fully saturated rings. The summed E-state index contributed by atoms with van der Waals surface area (Å²) >= 11 is 9.85. The smallest absolute Gasteiger partial charge is 0.226 e. The molecule has 8 heteroatoms. The lowest BCUT2D eigenvalue weighted by molar-refractivity contribution is 0.223. The van der Waals surface area contributed by atoms with Crippen molar-refractivity contribution in [2.45, 2.75) is 12.1 Å². The standard InChI is InChI=1S/C24H15BrClFN4O/c25-15-5-1-14(2-6-15)23-20-21(18-11-16(26)7-10-19(18)32-23)30-24-28-12-29-31(24)22(20)13-3-8-17(27)9-4-13/h1-12,22-23H,(H,28,29,30). The molecule has 158 valence electrons. The number of hydrogen-bond donors (Lipinski definition) is 1. The van der Waals surface area contributed by atoms with Gasteiger partial charge in [0, 0.05) is 20.6 Å². The van der Waals surface area contributed by atoms with Crippen LogP contribution in [0.1, 0.15) is 28.8 Å². The zero-order chi connectivity index (χ0) is 21.8. The van der Waals surface area contributed by atoms with E-state index in [-0.39, 0.29) is 11.9 Å². The third-order valence-electron chi connectivity index (χ3n) is 5.73. The average Bonchev–Trinajstić information content (AvgIpc) is 3.27. The molecule has 0 amide bonds. The van der Waals surface area contributed by atoms with Crippen LogP contribution in [0.5, 0.6) is 5.75 Å². The zero-order valence-electron chi connectivity index (χ0n) is 16.5. The summed E-state index contributed by atoms with van der Waals surface area (Å²) in [6.45, 7) is 0. The number of aromatic nitrogens is 3. The van der Waals surface area contributed by atoms with E-state index in [4.69, 9.17) is 16.3 Å². The van der Waals surface area contributed by atoms with Crippen LogP contribution >= 0.6 is 27.5 Å². The van der Waals surface area contributed by atoms with E-state index in [1.807, 2.05) is 42.5 Å². The Morgan fingerprint density at radius 3 is 2.53 bits per heavy atom. The summed E-state index contributed by atoms with van der Waals surface area (Å²) in [5.41, 5.74) is 4.53. The van der Waals surface area contributed by atoms with Gasteiger partial charge in [0.1, 0.15) is 30.0 Å². The molecule has 1 aromatic heterocycles. The highest BCUT2D eigenvalue weighted by molar-refractivity contribution is 9.10. The number of rotatable bonds is 2. The predicted octanol–water partition coefficient (Wildman–Crippen LogP) is 6.39. The molecule has 6 rings (SSSR count). The van der Waals surface area contributed by atoms with Gasteiger partial charge in [-0.2, -0.15) is 10.1 Å². The Hall–Kier alpha value is -3.16. The second kappa shape index (κ2) is 7.46. The summed E-state index contributed by atoms with van der Waals surface area (Å²) in [4.78, 5) is 4.40. The van der Waals surface area contributed by atoms with Gasteiger partial charge in [-0.3, -0.25) is 0 Å². The topological polar surface area (TPSA) is 52.0 Å². The molecular formula is C24H15BrClFN4O. The van der Waals surface area contributed by atoms with Crippen molar-refractivity contribution in [3.05, 3.63) is 111 Å². The van der Waals surface area contributed by atoms with Crippen LogP contribution in [0.3, 0.4) is 0 Å². The van der Waals surface area contributed by atoms with Crippen LogP contribution in [0.2, 0.25) is 5.02 Å². The van der Waals surface area contributed by atoms with Gasteiger partial charge in [-0.15, -0.1) is 0 Å². The minimum Gasteiger partial charge on any atom is -0.480 e. The molecule has 2 unspecified atom stereocenters. The molecular weight excluding hydrogens is 495 g/mol. The van der Waals surface area contributed by atoms with E-state index < -0.39 is 6.10 Å². The largest absolute Gasteiger partial charge is 0.480 e. The summed E-state index contributed by atoms with van der Waals surface area (Å²) in [6, 6.07) is 19.7. The van der Waals surface area contributed by atoms with E-state index in [2.05, 4.69) is 31.3 Å². The maximum Gasteiger partial charge on any atom is 0.226 e. The third kappa shape index (κ3) is 3.12. The van der Waals surface area contributed by atoms with Crippen molar-refractivity contribution in [3.8, 4) is 5.75 Å². The molecule has 2 aliphatic heterocycles. The lowest BCUT2D eigenvalue weighted by Crippen LogP contribution is -2.32. The first-order chi connectivity index (χ1) is 15.6. The normalized spacial score (nSPS) is 18.8. The van der Waals surface area contributed by atoms with E-state index in [1.165, 1.54) is 18.5 Å². The van der Waals surface area contributed by atoms with E-state index in [1.54, 1.807) is 16.8 Å². The Morgan fingerprint density at radius 2 is 1.75 bits per heavy atom. The molecule has 0 spiro atoms. The van der Waals surface area contributed by atoms with Crippen molar-refractivity contribution in [2.75, 3.05) is 5.32 Å². The van der Waals surface area contributed by atoms with Gasteiger partial charge < -0.3 is 10.1 Å². The molecule has 32 heavy (non-hydrogen) atoms. The summed E-state index contributed by atoms with van der Waals surface area (Å²) in [5.74, 6) is 1.03. The first-order valence-corrected chi connectivity index (χ1v) is 11.1. The third-order valence-corrected chi connectivity index (χ3v) is 6.50. The van der Waals surface area contributed by atoms with Crippen LogP contribution < -0.4 is 10.1 Å². The highest BCUT2D eigenvalue weighted by atomic mass is 79.9. The van der Waals surface area contributed by atoms with Crippen molar-refractivity contribution in [3.63, 3.8) is 0 Å². The highest BCUT2D eigenvalue weighted by Crippen LogP contribution is 2.51. The number of nitrogens with zero attached hydrogens (tertiary/aromatic N) is 3. The number of anilines is 1. The lowest BCUT2D eigenvalue weighted by atomic mass is 9.84. The van der Waals surface area contributed by atoms with Crippen molar-refractivity contribution >= 4 is 39.2 Å². The molecule has 0 saturated carbocycles. The fourth-order valence-corrected chi connectivity index (χ4v) is 4.76. The van der Waals surface area contributed by atoms with Crippen molar-refractivity contribution < 1.29 is 9.13 Å². The number of benzene rings is 3. The van der Waals surface area contributed by atoms with Crippen LogP contribution in [0.15, 0.2) is 83.1 Å². The van der Waals surface area contributed by atoms with Crippen LogP contribution in [0.4, 0.5) is 10.3 Å². The van der Waals surface area contributed by atoms with Gasteiger partial charge in [0.25, 0.3) is 0 Å². The van der Waals surface area contributed by atoms with Crippen LogP contribution in [0, 0.1) is 5.82 Å². The second-order valence-corrected chi connectivity index (χ2v) is 8.98. The minimum absolute atomic E-state index is 0.294. The number of hydrogen-bond acceptors (Lipinski definition) is 4. The highest BCUT2D eigenvalue weighted by Gasteiger charge is 2.41. The molecule has 2 aliphatic rings. The van der Waals surface area contributed by atoms with Crippen LogP contribution in [-0.4, -0.2) is 14.8 Å². The fraction of sp³-hybridized carbons (Fsp3) is 0.0833. The van der Waals surface area contributed by atoms with E-state index in [0.29, 0.717) is 11.0 Å². The number of ether oxygens (including phenoxy) is 1. The van der Waals surface area contributed by atoms with Crippen molar-refractivity contribution in [1.29, 1.82) is 0 Å². The Balaban J connectivity index is 1.63. The first-order valence-electron chi connectivity index (χ1n) is 9.96. The van der Waals surface area contributed by atoms with E-state index in [0.717, 1.165) is 38.2 Å². The Bertz CT molecular complexity index is 1370.